The van der Waals surface area contributed by atoms with Gasteiger partial charge in [0.15, 0.2) is 0 Å². The molecule has 0 atom stereocenters. The van der Waals surface area contributed by atoms with Crippen LogP contribution in [0.4, 0.5) is 0 Å². The Bertz CT molecular complexity index is 345. The van der Waals surface area contributed by atoms with E-state index in [1.165, 1.54) is 6.42 Å². The first-order valence-electron chi connectivity index (χ1n) is 6.47. The van der Waals surface area contributed by atoms with Crippen LogP contribution in [0.5, 0.6) is 5.75 Å². The Balaban J connectivity index is 1.90. The van der Waals surface area contributed by atoms with Gasteiger partial charge in [0.05, 0.1) is 23.6 Å². The number of hydrogen-bond acceptors (Lipinski definition) is 4. The minimum atomic E-state index is 0.664. The summed E-state index contributed by atoms with van der Waals surface area (Å²) in [5.41, 5.74) is 0. The highest BCUT2D eigenvalue weighted by Gasteiger charge is 2.05. The average molecular weight is 416 g/mol. The van der Waals surface area contributed by atoms with Gasteiger partial charge in [-0.1, -0.05) is 13.3 Å². The standard InChI is InChI=1S/C13H20Br2O3S/c1-2-3-5-16-8-9-17-6-4-7-18-11-10-12(14)19-13(11)15/h10H,2-9H2,1H3. The van der Waals surface area contributed by atoms with E-state index in [1.54, 1.807) is 11.3 Å². The molecule has 0 N–H and O–H groups in total. The zero-order valence-corrected chi connectivity index (χ0v) is 15.1. The largest absolute Gasteiger partial charge is 0.491 e. The molecule has 3 nitrogen and oxygen atoms in total. The average Bonchev–Trinajstić information content (AvgIpc) is 2.70. The molecule has 0 spiro atoms. The van der Waals surface area contributed by atoms with Gasteiger partial charge in [-0.2, -0.15) is 0 Å². The molecule has 0 amide bonds. The maximum atomic E-state index is 5.64. The van der Waals surface area contributed by atoms with E-state index in [0.29, 0.717) is 26.4 Å². The highest BCUT2D eigenvalue weighted by Crippen LogP contribution is 2.37. The van der Waals surface area contributed by atoms with Crippen molar-refractivity contribution in [2.45, 2.75) is 26.2 Å². The molecule has 0 unspecified atom stereocenters. The third kappa shape index (κ3) is 8.30. The summed E-state index contributed by atoms with van der Waals surface area (Å²) in [6, 6.07) is 1.97. The quantitative estimate of drug-likeness (QED) is 0.482. The second-order valence-corrected chi connectivity index (χ2v) is 7.72. The molecule has 0 fully saturated rings. The highest BCUT2D eigenvalue weighted by molar-refractivity contribution is 9.12. The fourth-order valence-corrected chi connectivity index (χ4v) is 3.99. The van der Waals surface area contributed by atoms with Crippen LogP contribution in [0.3, 0.4) is 0 Å². The summed E-state index contributed by atoms with van der Waals surface area (Å²) in [4.78, 5) is 0. The minimum absolute atomic E-state index is 0.664. The lowest BCUT2D eigenvalue weighted by Gasteiger charge is -2.06. The maximum Gasteiger partial charge on any atom is 0.145 e. The number of unbranched alkanes of at least 4 members (excludes halogenated alkanes) is 1. The molecule has 6 heteroatoms. The molecule has 1 heterocycles. The fourth-order valence-electron chi connectivity index (χ4n) is 1.34. The lowest BCUT2D eigenvalue weighted by molar-refractivity contribution is 0.0426. The van der Waals surface area contributed by atoms with Crippen LogP contribution >= 0.6 is 43.2 Å². The predicted octanol–water partition coefficient (Wildman–Crippen LogP) is 4.88. The molecule has 1 rings (SSSR count). The molecule has 0 aliphatic rings. The summed E-state index contributed by atoms with van der Waals surface area (Å²) in [6.45, 7) is 5.72. The van der Waals surface area contributed by atoms with Crippen molar-refractivity contribution in [3.8, 4) is 5.75 Å². The third-order valence-corrected chi connectivity index (χ3v) is 4.61. The predicted molar refractivity (Wildman–Crippen MR) is 86.4 cm³/mol. The SMILES string of the molecule is CCCCOCCOCCCOc1cc(Br)sc1Br. The normalized spacial score (nSPS) is 10.9. The summed E-state index contributed by atoms with van der Waals surface area (Å²) >= 11 is 8.49. The second-order valence-electron chi connectivity index (χ2n) is 3.97. The van der Waals surface area contributed by atoms with Gasteiger partial charge in [-0.05, 0) is 38.3 Å². The number of ether oxygens (including phenoxy) is 3. The summed E-state index contributed by atoms with van der Waals surface area (Å²) in [6.07, 6.45) is 3.18. The van der Waals surface area contributed by atoms with Gasteiger partial charge in [0, 0.05) is 25.7 Å². The van der Waals surface area contributed by atoms with E-state index in [4.69, 9.17) is 14.2 Å². The van der Waals surface area contributed by atoms with E-state index in [9.17, 15) is 0 Å². The van der Waals surface area contributed by atoms with E-state index >= 15 is 0 Å². The summed E-state index contributed by atoms with van der Waals surface area (Å²) in [5.74, 6) is 0.889. The van der Waals surface area contributed by atoms with Gasteiger partial charge < -0.3 is 14.2 Å². The first kappa shape index (κ1) is 17.4. The minimum Gasteiger partial charge on any atom is -0.491 e. The van der Waals surface area contributed by atoms with Gasteiger partial charge in [-0.15, -0.1) is 11.3 Å². The molecule has 0 aromatic carbocycles. The van der Waals surface area contributed by atoms with E-state index in [0.717, 1.165) is 32.8 Å². The first-order valence-corrected chi connectivity index (χ1v) is 8.87. The van der Waals surface area contributed by atoms with Crippen molar-refractivity contribution in [1.82, 2.24) is 0 Å². The molecule has 110 valence electrons. The second kappa shape index (κ2) is 11.1. The summed E-state index contributed by atoms with van der Waals surface area (Å²) < 4.78 is 18.6. The van der Waals surface area contributed by atoms with Crippen molar-refractivity contribution in [3.05, 3.63) is 13.6 Å². The van der Waals surface area contributed by atoms with Crippen molar-refractivity contribution in [2.75, 3.05) is 33.0 Å². The molecule has 19 heavy (non-hydrogen) atoms. The number of rotatable bonds is 11. The van der Waals surface area contributed by atoms with Crippen LogP contribution in [0, 0.1) is 0 Å². The maximum absolute atomic E-state index is 5.64. The molecular weight excluding hydrogens is 396 g/mol. The van der Waals surface area contributed by atoms with Gasteiger partial charge in [0.2, 0.25) is 0 Å². The summed E-state index contributed by atoms with van der Waals surface area (Å²) in [7, 11) is 0. The van der Waals surface area contributed by atoms with Gasteiger partial charge in [-0.3, -0.25) is 0 Å². The summed E-state index contributed by atoms with van der Waals surface area (Å²) in [5, 5.41) is 0. The van der Waals surface area contributed by atoms with Gasteiger partial charge >= 0.3 is 0 Å². The van der Waals surface area contributed by atoms with Crippen LogP contribution in [0.2, 0.25) is 0 Å². The lowest BCUT2D eigenvalue weighted by Crippen LogP contribution is -2.08. The zero-order valence-electron chi connectivity index (χ0n) is 11.1. The van der Waals surface area contributed by atoms with Crippen molar-refractivity contribution < 1.29 is 14.2 Å². The van der Waals surface area contributed by atoms with E-state index < -0.39 is 0 Å². The van der Waals surface area contributed by atoms with Crippen molar-refractivity contribution >= 4 is 43.2 Å². The van der Waals surface area contributed by atoms with Crippen molar-refractivity contribution in [2.24, 2.45) is 0 Å². The highest BCUT2D eigenvalue weighted by atomic mass is 79.9. The van der Waals surface area contributed by atoms with Gasteiger partial charge in [0.1, 0.15) is 9.54 Å². The van der Waals surface area contributed by atoms with Crippen LogP contribution in [-0.4, -0.2) is 33.0 Å². The van der Waals surface area contributed by atoms with E-state index in [1.807, 2.05) is 6.07 Å². The van der Waals surface area contributed by atoms with Crippen LogP contribution in [0.25, 0.3) is 0 Å². The topological polar surface area (TPSA) is 27.7 Å². The van der Waals surface area contributed by atoms with Crippen molar-refractivity contribution in [1.29, 1.82) is 0 Å². The monoisotopic (exact) mass is 414 g/mol. The van der Waals surface area contributed by atoms with Gasteiger partial charge in [0.25, 0.3) is 0 Å². The Morgan fingerprint density at radius 3 is 2.26 bits per heavy atom. The Labute approximate surface area is 135 Å². The molecule has 0 radical (unpaired) electrons. The Hall–Kier alpha value is 0.380. The smallest absolute Gasteiger partial charge is 0.145 e. The first-order chi connectivity index (χ1) is 9.24. The number of thiophene rings is 1. The fraction of sp³-hybridized carbons (Fsp3) is 0.692. The van der Waals surface area contributed by atoms with Crippen molar-refractivity contribution in [3.63, 3.8) is 0 Å². The number of halogens is 2. The van der Waals surface area contributed by atoms with Crippen LogP contribution in [-0.2, 0) is 9.47 Å². The Morgan fingerprint density at radius 2 is 1.68 bits per heavy atom. The lowest BCUT2D eigenvalue weighted by atomic mass is 10.4. The van der Waals surface area contributed by atoms with Gasteiger partial charge in [-0.25, -0.2) is 0 Å². The molecule has 0 aliphatic carbocycles. The molecule has 0 aliphatic heterocycles. The zero-order chi connectivity index (χ0) is 13.9. The Kier molecular flexibility index (Phi) is 10.2. The van der Waals surface area contributed by atoms with Crippen LogP contribution in [0.15, 0.2) is 13.6 Å². The van der Waals surface area contributed by atoms with E-state index in [-0.39, 0.29) is 0 Å². The molecule has 0 saturated heterocycles. The Morgan fingerprint density at radius 1 is 1.00 bits per heavy atom. The van der Waals surface area contributed by atoms with Crippen LogP contribution in [0.1, 0.15) is 26.2 Å². The molecule has 1 aromatic rings. The molecular formula is C13H20Br2O3S. The third-order valence-electron chi connectivity index (χ3n) is 2.33. The molecule has 1 aromatic heterocycles. The van der Waals surface area contributed by atoms with E-state index in [2.05, 4.69) is 38.8 Å². The molecule has 0 bridgehead atoms. The molecule has 0 saturated carbocycles. The number of hydrogen-bond donors (Lipinski definition) is 0. The van der Waals surface area contributed by atoms with Crippen LogP contribution < -0.4 is 4.74 Å².